The zero-order valence-corrected chi connectivity index (χ0v) is 16.2. The molecule has 1 aromatic heterocycles. The minimum absolute atomic E-state index is 0.390. The van der Waals surface area contributed by atoms with Crippen LogP contribution in [-0.4, -0.2) is 21.1 Å². The number of hydrogen-bond acceptors (Lipinski definition) is 3. The van der Waals surface area contributed by atoms with Crippen molar-refractivity contribution in [2.45, 2.75) is 18.1 Å². The van der Waals surface area contributed by atoms with Gasteiger partial charge in [0.15, 0.2) is 0 Å². The summed E-state index contributed by atoms with van der Waals surface area (Å²) in [6.07, 6.45) is 0.495. The SMILES string of the molecule is O=[N+]([O-])[C@@H]([C@H](c1ccccc1)c1c[nH]c2ccccc12)[C@@H](O)c1ccc(Cl)cc1. The Balaban J connectivity index is 1.88. The maximum Gasteiger partial charge on any atom is 0.253 e. The number of aromatic nitrogens is 1. The van der Waals surface area contributed by atoms with E-state index in [1.807, 2.05) is 54.6 Å². The van der Waals surface area contributed by atoms with Gasteiger partial charge in [-0.15, -0.1) is 0 Å². The monoisotopic (exact) mass is 406 g/mol. The molecule has 2 N–H and O–H groups in total. The van der Waals surface area contributed by atoms with E-state index in [0.29, 0.717) is 10.6 Å². The minimum atomic E-state index is -1.30. The lowest BCUT2D eigenvalue weighted by atomic mass is 9.81. The van der Waals surface area contributed by atoms with Gasteiger partial charge in [0, 0.05) is 27.0 Å². The predicted molar refractivity (Wildman–Crippen MR) is 114 cm³/mol. The Morgan fingerprint density at radius 3 is 2.24 bits per heavy atom. The van der Waals surface area contributed by atoms with Crippen molar-refractivity contribution >= 4 is 22.5 Å². The molecule has 29 heavy (non-hydrogen) atoms. The maximum atomic E-state index is 12.2. The molecule has 0 bridgehead atoms. The van der Waals surface area contributed by atoms with Crippen LogP contribution < -0.4 is 0 Å². The number of para-hydroxylation sites is 1. The van der Waals surface area contributed by atoms with Crippen LogP contribution in [0.1, 0.15) is 28.7 Å². The van der Waals surface area contributed by atoms with Crippen LogP contribution in [0.2, 0.25) is 5.02 Å². The van der Waals surface area contributed by atoms with Gasteiger partial charge in [-0.05, 0) is 34.9 Å². The summed E-state index contributed by atoms with van der Waals surface area (Å²) in [4.78, 5) is 15.0. The highest BCUT2D eigenvalue weighted by Gasteiger charge is 2.42. The minimum Gasteiger partial charge on any atom is -0.381 e. The Bertz CT molecular complexity index is 1130. The van der Waals surface area contributed by atoms with Crippen LogP contribution in [0.3, 0.4) is 0 Å². The molecular weight excluding hydrogens is 388 g/mol. The van der Waals surface area contributed by atoms with E-state index in [0.717, 1.165) is 22.0 Å². The molecule has 3 atom stereocenters. The number of fused-ring (bicyclic) bond motifs is 1. The lowest BCUT2D eigenvalue weighted by Crippen LogP contribution is -2.34. The molecule has 0 saturated carbocycles. The molecule has 0 aliphatic heterocycles. The largest absolute Gasteiger partial charge is 0.381 e. The fraction of sp³-hybridized carbons (Fsp3) is 0.130. The first-order valence-electron chi connectivity index (χ1n) is 9.24. The highest BCUT2D eigenvalue weighted by molar-refractivity contribution is 6.30. The fourth-order valence-corrected chi connectivity index (χ4v) is 3.97. The summed E-state index contributed by atoms with van der Waals surface area (Å²) >= 11 is 5.94. The molecule has 0 spiro atoms. The fourth-order valence-electron chi connectivity index (χ4n) is 3.85. The Kier molecular flexibility index (Phi) is 5.34. The van der Waals surface area contributed by atoms with Crippen LogP contribution in [0.25, 0.3) is 10.9 Å². The first-order chi connectivity index (χ1) is 14.1. The average molecular weight is 407 g/mol. The second-order valence-corrected chi connectivity index (χ2v) is 7.39. The summed E-state index contributed by atoms with van der Waals surface area (Å²) in [7, 11) is 0. The Hall–Kier alpha value is -3.15. The molecule has 6 heteroatoms. The molecule has 4 aromatic rings. The number of benzene rings is 3. The van der Waals surface area contributed by atoms with Gasteiger partial charge in [-0.25, -0.2) is 0 Å². The predicted octanol–water partition coefficient (Wildman–Crippen LogP) is 5.33. The van der Waals surface area contributed by atoms with Crippen molar-refractivity contribution in [3.63, 3.8) is 0 Å². The molecule has 0 unspecified atom stereocenters. The highest BCUT2D eigenvalue weighted by Crippen LogP contribution is 2.39. The number of halogens is 1. The molecule has 146 valence electrons. The summed E-state index contributed by atoms with van der Waals surface area (Å²) < 4.78 is 0. The highest BCUT2D eigenvalue weighted by atomic mass is 35.5. The van der Waals surface area contributed by atoms with Crippen LogP contribution in [0, 0.1) is 10.1 Å². The second kappa shape index (κ2) is 8.07. The molecule has 4 rings (SSSR count). The Labute approximate surface area is 172 Å². The number of hydrogen-bond donors (Lipinski definition) is 2. The van der Waals surface area contributed by atoms with Crippen molar-refractivity contribution in [2.24, 2.45) is 0 Å². The Morgan fingerprint density at radius 2 is 1.55 bits per heavy atom. The van der Waals surface area contributed by atoms with Crippen LogP contribution in [0.5, 0.6) is 0 Å². The first kappa shape index (κ1) is 19.2. The van der Waals surface area contributed by atoms with Crippen LogP contribution in [0.15, 0.2) is 85.1 Å². The van der Waals surface area contributed by atoms with Crippen molar-refractivity contribution in [3.05, 3.63) is 117 Å². The van der Waals surface area contributed by atoms with Gasteiger partial charge in [0.05, 0.1) is 5.92 Å². The molecule has 3 aromatic carbocycles. The number of nitrogens with one attached hydrogen (secondary N) is 1. The van der Waals surface area contributed by atoms with E-state index in [-0.39, 0.29) is 0 Å². The van der Waals surface area contributed by atoms with E-state index in [1.165, 1.54) is 0 Å². The van der Waals surface area contributed by atoms with Crippen LogP contribution in [0.4, 0.5) is 0 Å². The van der Waals surface area contributed by atoms with Gasteiger partial charge in [0.2, 0.25) is 0 Å². The maximum absolute atomic E-state index is 12.2. The number of aliphatic hydroxyl groups is 1. The van der Waals surface area contributed by atoms with Crippen molar-refractivity contribution in [3.8, 4) is 0 Å². The first-order valence-corrected chi connectivity index (χ1v) is 9.62. The van der Waals surface area contributed by atoms with Gasteiger partial charge in [-0.2, -0.15) is 0 Å². The zero-order valence-electron chi connectivity index (χ0n) is 15.4. The van der Waals surface area contributed by atoms with Crippen molar-refractivity contribution in [1.82, 2.24) is 4.98 Å². The van der Waals surface area contributed by atoms with Gasteiger partial charge >= 0.3 is 0 Å². The van der Waals surface area contributed by atoms with Gasteiger partial charge in [0.25, 0.3) is 6.04 Å². The number of aliphatic hydroxyl groups excluding tert-OH is 1. The standard InChI is InChI=1S/C23H19ClN2O3/c24-17-12-10-16(11-13-17)23(27)22(26(28)29)21(15-6-2-1-3-7-15)19-14-25-20-9-5-4-8-18(19)20/h1-14,21-23,25,27H/t21-,22+,23+/m1/s1. The smallest absolute Gasteiger partial charge is 0.253 e. The third kappa shape index (κ3) is 3.75. The van der Waals surface area contributed by atoms with Crippen LogP contribution in [-0.2, 0) is 0 Å². The van der Waals surface area contributed by atoms with E-state index in [9.17, 15) is 15.2 Å². The topological polar surface area (TPSA) is 79.2 Å². The van der Waals surface area contributed by atoms with Gasteiger partial charge in [-0.1, -0.05) is 72.3 Å². The lowest BCUT2D eigenvalue weighted by molar-refractivity contribution is -0.538. The van der Waals surface area contributed by atoms with Gasteiger partial charge < -0.3 is 10.1 Å². The summed E-state index contributed by atoms with van der Waals surface area (Å²) in [6, 6.07) is 22.2. The summed E-state index contributed by atoms with van der Waals surface area (Å²) in [5.74, 6) is -0.645. The number of H-pyrrole nitrogens is 1. The van der Waals surface area contributed by atoms with Gasteiger partial charge in [-0.3, -0.25) is 10.1 Å². The molecule has 1 heterocycles. The molecule has 0 radical (unpaired) electrons. The van der Waals surface area contributed by atoms with Crippen LogP contribution >= 0.6 is 11.6 Å². The number of rotatable bonds is 6. The number of aromatic amines is 1. The molecule has 0 amide bonds. The van der Waals surface area contributed by atoms with Crippen molar-refractivity contribution < 1.29 is 10.0 Å². The van der Waals surface area contributed by atoms with E-state index >= 15 is 0 Å². The quantitative estimate of drug-likeness (QED) is 0.335. The van der Waals surface area contributed by atoms with E-state index in [1.54, 1.807) is 30.5 Å². The van der Waals surface area contributed by atoms with E-state index < -0.39 is 23.0 Å². The van der Waals surface area contributed by atoms with E-state index in [2.05, 4.69) is 4.98 Å². The summed E-state index contributed by atoms with van der Waals surface area (Å²) in [5.41, 5.74) is 2.90. The Morgan fingerprint density at radius 1 is 0.897 bits per heavy atom. The second-order valence-electron chi connectivity index (χ2n) is 6.95. The lowest BCUT2D eigenvalue weighted by Gasteiger charge is -2.25. The van der Waals surface area contributed by atoms with Crippen molar-refractivity contribution in [1.29, 1.82) is 0 Å². The zero-order chi connectivity index (χ0) is 20.4. The number of nitrogens with zero attached hydrogens (tertiary/aromatic N) is 1. The summed E-state index contributed by atoms with van der Waals surface area (Å²) in [5, 5.41) is 24.7. The van der Waals surface area contributed by atoms with Gasteiger partial charge in [0.1, 0.15) is 6.10 Å². The molecular formula is C23H19ClN2O3. The molecule has 0 aliphatic carbocycles. The molecule has 0 aliphatic rings. The third-order valence-corrected chi connectivity index (χ3v) is 5.49. The molecule has 5 nitrogen and oxygen atoms in total. The molecule has 0 saturated heterocycles. The molecule has 0 fully saturated rings. The summed E-state index contributed by atoms with van der Waals surface area (Å²) in [6.45, 7) is 0. The normalized spacial score (nSPS) is 14.4. The average Bonchev–Trinajstić information content (AvgIpc) is 3.16. The van der Waals surface area contributed by atoms with E-state index in [4.69, 9.17) is 11.6 Å². The third-order valence-electron chi connectivity index (χ3n) is 5.23. The van der Waals surface area contributed by atoms with Crippen molar-refractivity contribution in [2.75, 3.05) is 0 Å². The number of nitro groups is 1.